The summed E-state index contributed by atoms with van der Waals surface area (Å²) in [5.41, 5.74) is -0.0325. The van der Waals surface area contributed by atoms with Gasteiger partial charge in [0.1, 0.15) is 5.76 Å². The lowest BCUT2D eigenvalue weighted by molar-refractivity contribution is 0.379. The molecular weight excluding hydrogens is 298 g/mol. The number of nitrogens with zero attached hydrogens (tertiary/aromatic N) is 3. The van der Waals surface area contributed by atoms with Crippen molar-refractivity contribution in [1.29, 1.82) is 0 Å². The molecule has 2 aromatic heterocycles. The predicted molar refractivity (Wildman–Crippen MR) is 89.1 cm³/mol. The number of hydrogen-bond donors (Lipinski definition) is 2. The number of aliphatic imine (C=N–C) groups is 1. The molecule has 0 aliphatic carbocycles. The largest absolute Gasteiger partial charge is 0.443 e. The Hall–Kier alpha value is -1.89. The first-order valence-corrected chi connectivity index (χ1v) is 8.01. The van der Waals surface area contributed by atoms with Gasteiger partial charge in [-0.15, -0.1) is 11.3 Å². The summed E-state index contributed by atoms with van der Waals surface area (Å²) in [6, 6.07) is 0. The molecule has 0 aromatic carbocycles. The van der Waals surface area contributed by atoms with Crippen molar-refractivity contribution >= 4 is 17.3 Å². The molecule has 22 heavy (non-hydrogen) atoms. The van der Waals surface area contributed by atoms with Crippen LogP contribution in [0.1, 0.15) is 42.3 Å². The van der Waals surface area contributed by atoms with E-state index < -0.39 is 0 Å². The summed E-state index contributed by atoms with van der Waals surface area (Å²) < 4.78 is 5.74. The van der Waals surface area contributed by atoms with Crippen LogP contribution in [-0.4, -0.2) is 23.0 Å². The second kappa shape index (κ2) is 6.91. The van der Waals surface area contributed by atoms with Crippen molar-refractivity contribution in [2.75, 3.05) is 7.05 Å². The topological polar surface area (TPSA) is 75.3 Å². The normalized spacial score (nSPS) is 12.5. The second-order valence-corrected chi connectivity index (χ2v) is 7.31. The zero-order chi connectivity index (χ0) is 16.2. The van der Waals surface area contributed by atoms with Gasteiger partial charge in [-0.25, -0.2) is 9.97 Å². The van der Waals surface area contributed by atoms with Crippen molar-refractivity contribution in [3.63, 3.8) is 0 Å². The summed E-state index contributed by atoms with van der Waals surface area (Å²) in [7, 11) is 1.74. The Morgan fingerprint density at radius 1 is 1.23 bits per heavy atom. The molecule has 0 spiro atoms. The lowest BCUT2D eigenvalue weighted by atomic mass is 9.94. The summed E-state index contributed by atoms with van der Waals surface area (Å²) in [6.07, 6.45) is 3.66. The Morgan fingerprint density at radius 3 is 2.50 bits per heavy atom. The predicted octanol–water partition coefficient (Wildman–Crippen LogP) is 2.60. The number of nitrogens with one attached hydrogen (secondary N) is 2. The fourth-order valence-corrected chi connectivity index (χ4v) is 2.51. The van der Waals surface area contributed by atoms with Crippen molar-refractivity contribution in [1.82, 2.24) is 20.6 Å². The van der Waals surface area contributed by atoms with Gasteiger partial charge in [-0.2, -0.15) is 0 Å². The molecule has 0 bridgehead atoms. The van der Waals surface area contributed by atoms with Crippen LogP contribution in [0.5, 0.6) is 0 Å². The number of hydrogen-bond acceptors (Lipinski definition) is 5. The molecule has 0 atom stereocenters. The van der Waals surface area contributed by atoms with Crippen LogP contribution >= 0.6 is 11.3 Å². The number of aromatic nitrogens is 2. The summed E-state index contributed by atoms with van der Waals surface area (Å²) in [6.45, 7) is 9.49. The van der Waals surface area contributed by atoms with E-state index in [9.17, 15) is 0 Å². The standard InChI is InChI=1S/C15H23N5OS/c1-10-17-6-11(22-10)7-19-14(16-5)20-9-13-18-8-12(21-13)15(2,3)4/h6,8H,7,9H2,1-5H3,(H2,16,19,20). The van der Waals surface area contributed by atoms with Gasteiger partial charge < -0.3 is 15.1 Å². The van der Waals surface area contributed by atoms with E-state index in [1.165, 1.54) is 4.88 Å². The Bertz CT molecular complexity index is 638. The third-order valence-electron chi connectivity index (χ3n) is 3.02. The van der Waals surface area contributed by atoms with Crippen LogP contribution in [-0.2, 0) is 18.5 Å². The quantitative estimate of drug-likeness (QED) is 0.669. The fraction of sp³-hybridized carbons (Fsp3) is 0.533. The monoisotopic (exact) mass is 321 g/mol. The molecule has 0 saturated carbocycles. The zero-order valence-corrected chi connectivity index (χ0v) is 14.5. The van der Waals surface area contributed by atoms with Crippen LogP contribution in [0, 0.1) is 6.92 Å². The molecule has 0 radical (unpaired) electrons. The highest BCUT2D eigenvalue weighted by molar-refractivity contribution is 7.11. The fourth-order valence-electron chi connectivity index (χ4n) is 1.78. The average molecular weight is 321 g/mol. The molecular formula is C15H23N5OS. The van der Waals surface area contributed by atoms with Crippen molar-refractivity contribution in [2.24, 2.45) is 4.99 Å². The summed E-state index contributed by atoms with van der Waals surface area (Å²) in [5, 5.41) is 7.50. The highest BCUT2D eigenvalue weighted by atomic mass is 32.1. The molecule has 6 nitrogen and oxygen atoms in total. The minimum atomic E-state index is -0.0325. The second-order valence-electron chi connectivity index (χ2n) is 5.99. The van der Waals surface area contributed by atoms with Crippen molar-refractivity contribution in [3.8, 4) is 0 Å². The third kappa shape index (κ3) is 4.56. The van der Waals surface area contributed by atoms with E-state index in [-0.39, 0.29) is 5.41 Å². The van der Waals surface area contributed by atoms with Crippen LogP contribution in [0.4, 0.5) is 0 Å². The molecule has 0 aliphatic rings. The average Bonchev–Trinajstić information content (AvgIpc) is 3.07. The maximum Gasteiger partial charge on any atom is 0.213 e. The molecule has 2 N–H and O–H groups in total. The lowest BCUT2D eigenvalue weighted by Crippen LogP contribution is -2.36. The van der Waals surface area contributed by atoms with Crippen molar-refractivity contribution in [3.05, 3.63) is 33.9 Å². The number of guanidine groups is 1. The summed E-state index contributed by atoms with van der Waals surface area (Å²) >= 11 is 1.67. The zero-order valence-electron chi connectivity index (χ0n) is 13.7. The van der Waals surface area contributed by atoms with E-state index in [2.05, 4.69) is 46.4 Å². The molecule has 7 heteroatoms. The smallest absolute Gasteiger partial charge is 0.213 e. The van der Waals surface area contributed by atoms with Crippen molar-refractivity contribution < 1.29 is 4.42 Å². The first kappa shape index (κ1) is 16.5. The van der Waals surface area contributed by atoms with Crippen LogP contribution in [0.3, 0.4) is 0 Å². The van der Waals surface area contributed by atoms with Crippen LogP contribution in [0.15, 0.2) is 21.8 Å². The number of thiazole rings is 1. The van der Waals surface area contributed by atoms with Gasteiger partial charge in [0.2, 0.25) is 5.89 Å². The van der Waals surface area contributed by atoms with Crippen LogP contribution in [0.2, 0.25) is 0 Å². The van der Waals surface area contributed by atoms with Gasteiger partial charge in [0.25, 0.3) is 0 Å². The Labute approximate surface area is 135 Å². The van der Waals surface area contributed by atoms with Crippen molar-refractivity contribution in [2.45, 2.75) is 46.2 Å². The molecule has 2 heterocycles. The maximum atomic E-state index is 5.74. The summed E-state index contributed by atoms with van der Waals surface area (Å²) in [4.78, 5) is 13.9. The Balaban J connectivity index is 1.85. The molecule has 0 unspecified atom stereocenters. The number of aryl methyl sites for hydroxylation is 1. The first-order chi connectivity index (χ1) is 10.4. The molecule has 2 rings (SSSR count). The SMILES string of the molecule is CN=C(NCc1ncc(C(C)(C)C)o1)NCc1cnc(C)s1. The highest BCUT2D eigenvalue weighted by Gasteiger charge is 2.19. The van der Waals surface area contributed by atoms with Crippen LogP contribution < -0.4 is 10.6 Å². The molecule has 0 fully saturated rings. The minimum absolute atomic E-state index is 0.0325. The van der Waals surface area contributed by atoms with Gasteiger partial charge in [-0.05, 0) is 6.92 Å². The molecule has 0 saturated heterocycles. The van der Waals surface area contributed by atoms with E-state index in [0.717, 1.165) is 10.8 Å². The van der Waals surface area contributed by atoms with E-state index in [4.69, 9.17) is 4.42 Å². The Morgan fingerprint density at radius 2 is 1.95 bits per heavy atom. The van der Waals surface area contributed by atoms with Gasteiger partial charge in [0.15, 0.2) is 5.96 Å². The molecule has 0 aliphatic heterocycles. The van der Waals surface area contributed by atoms with E-state index >= 15 is 0 Å². The van der Waals surface area contributed by atoms with Gasteiger partial charge >= 0.3 is 0 Å². The lowest BCUT2D eigenvalue weighted by Gasteiger charge is -2.13. The molecule has 2 aromatic rings. The van der Waals surface area contributed by atoms with E-state index in [1.807, 2.05) is 13.1 Å². The molecule has 0 amide bonds. The summed E-state index contributed by atoms with van der Waals surface area (Å²) in [5.74, 6) is 2.25. The minimum Gasteiger partial charge on any atom is -0.443 e. The van der Waals surface area contributed by atoms with Gasteiger partial charge in [-0.3, -0.25) is 4.99 Å². The molecule has 120 valence electrons. The van der Waals surface area contributed by atoms with Crippen LogP contribution in [0.25, 0.3) is 0 Å². The van der Waals surface area contributed by atoms with Gasteiger partial charge in [0, 0.05) is 23.5 Å². The highest BCUT2D eigenvalue weighted by Crippen LogP contribution is 2.22. The van der Waals surface area contributed by atoms with E-state index in [1.54, 1.807) is 24.6 Å². The first-order valence-electron chi connectivity index (χ1n) is 7.19. The van der Waals surface area contributed by atoms with Gasteiger partial charge in [0.05, 0.1) is 24.3 Å². The van der Waals surface area contributed by atoms with E-state index in [0.29, 0.717) is 24.9 Å². The maximum absolute atomic E-state index is 5.74. The number of rotatable bonds is 4. The number of oxazole rings is 1. The van der Waals surface area contributed by atoms with Gasteiger partial charge in [-0.1, -0.05) is 20.8 Å². The third-order valence-corrected chi connectivity index (χ3v) is 3.94. The Kier molecular flexibility index (Phi) is 5.18.